The first-order chi connectivity index (χ1) is 5.57. The molecule has 0 aromatic carbocycles. The van der Waals surface area contributed by atoms with Gasteiger partial charge in [0, 0.05) is 0 Å². The Bertz CT molecular complexity index is 151. The zero-order chi connectivity index (χ0) is 9.30. The third kappa shape index (κ3) is 2.35. The van der Waals surface area contributed by atoms with E-state index in [9.17, 15) is 10.2 Å². The molecule has 0 amide bonds. The minimum atomic E-state index is -1.35. The third-order valence-corrected chi connectivity index (χ3v) is 1.95. The largest absolute Gasteiger partial charge is 0.412 e. The van der Waals surface area contributed by atoms with E-state index in [4.69, 9.17) is 20.7 Å². The van der Waals surface area contributed by atoms with Crippen LogP contribution >= 0.6 is 0 Å². The van der Waals surface area contributed by atoms with Gasteiger partial charge in [0.15, 0.2) is 6.29 Å². The highest BCUT2D eigenvalue weighted by Crippen LogP contribution is 2.17. The lowest BCUT2D eigenvalue weighted by Crippen LogP contribution is -2.61. The molecule has 1 aliphatic rings. The first-order valence-corrected chi connectivity index (χ1v) is 3.64. The molecule has 1 unspecified atom stereocenters. The van der Waals surface area contributed by atoms with Gasteiger partial charge in [-0.2, -0.15) is 0 Å². The first-order valence-electron chi connectivity index (χ1n) is 3.64. The summed E-state index contributed by atoms with van der Waals surface area (Å²) in [5, 5.41) is 36.1. The van der Waals surface area contributed by atoms with Crippen LogP contribution < -0.4 is 5.73 Å². The van der Waals surface area contributed by atoms with Crippen molar-refractivity contribution in [2.75, 3.05) is 6.61 Å². The highest BCUT2D eigenvalue weighted by Gasteiger charge is 2.41. The Labute approximate surface area is 74.7 Å². The van der Waals surface area contributed by atoms with E-state index in [2.05, 4.69) is 0 Å². The summed E-state index contributed by atoms with van der Waals surface area (Å²) in [5.74, 6) is 0. The molecule has 0 radical (unpaired) electrons. The summed E-state index contributed by atoms with van der Waals surface area (Å²) >= 11 is 0. The Kier molecular flexibility index (Phi) is 4.71. The fourth-order valence-corrected chi connectivity index (χ4v) is 1.12. The van der Waals surface area contributed by atoms with Crippen LogP contribution in [0.5, 0.6) is 0 Å². The summed E-state index contributed by atoms with van der Waals surface area (Å²) in [6.45, 7) is -0.470. The second-order valence-corrected chi connectivity index (χ2v) is 2.81. The second-order valence-electron chi connectivity index (χ2n) is 2.81. The van der Waals surface area contributed by atoms with E-state index in [0.717, 1.165) is 0 Å². The Hall–Kier alpha value is -0.280. The molecule has 0 bridgehead atoms. The van der Waals surface area contributed by atoms with Gasteiger partial charge in [0.25, 0.3) is 0 Å². The number of hydrogen-bond donors (Lipinski definition) is 5. The molecule has 0 aromatic heterocycles. The lowest BCUT2D eigenvalue weighted by molar-refractivity contribution is -0.248. The molecule has 8 N–H and O–H groups in total. The molecular weight excluding hydrogens is 182 g/mol. The molecule has 0 spiro atoms. The van der Waals surface area contributed by atoms with Crippen LogP contribution in [0, 0.1) is 0 Å². The minimum Gasteiger partial charge on any atom is -0.412 e. The van der Waals surface area contributed by atoms with E-state index >= 15 is 0 Å². The predicted molar refractivity (Wildman–Crippen MR) is 41.6 cm³/mol. The van der Waals surface area contributed by atoms with E-state index in [-0.39, 0.29) is 5.48 Å². The van der Waals surface area contributed by atoms with Crippen LogP contribution in [0.25, 0.3) is 0 Å². The smallest absolute Gasteiger partial charge is 0.173 e. The maximum atomic E-state index is 9.20. The minimum absolute atomic E-state index is 0. The van der Waals surface area contributed by atoms with Crippen LogP contribution in [0.4, 0.5) is 0 Å². The Morgan fingerprint density at radius 2 is 1.69 bits per heavy atom. The first kappa shape index (κ1) is 12.7. The number of nitrogens with two attached hydrogens (primary N) is 1. The van der Waals surface area contributed by atoms with Crippen LogP contribution in [0.2, 0.25) is 0 Å². The quantitative estimate of drug-likeness (QED) is 0.288. The van der Waals surface area contributed by atoms with Crippen molar-refractivity contribution in [1.29, 1.82) is 0 Å². The van der Waals surface area contributed by atoms with Crippen molar-refractivity contribution in [2.24, 2.45) is 5.73 Å². The second kappa shape index (κ2) is 4.82. The standard InChI is InChI=1S/C6H13NO5.H2O/c7-3-5(10)4(9)2(1-8)12-6(3)11;/h2-6,8-11H,1,7H2;1H2/t2-,3-,4-,5-,6?;/m1./s1. The molecule has 0 aromatic rings. The maximum absolute atomic E-state index is 9.20. The van der Waals surface area contributed by atoms with Crippen molar-refractivity contribution in [3.63, 3.8) is 0 Å². The Morgan fingerprint density at radius 3 is 2.15 bits per heavy atom. The number of rotatable bonds is 1. The average Bonchev–Trinajstić information content (AvgIpc) is 2.08. The van der Waals surface area contributed by atoms with E-state index in [1.54, 1.807) is 0 Å². The summed E-state index contributed by atoms with van der Waals surface area (Å²) < 4.78 is 4.70. The molecule has 80 valence electrons. The molecule has 1 rings (SSSR count). The molecule has 5 atom stereocenters. The summed E-state index contributed by atoms with van der Waals surface area (Å²) in [7, 11) is 0. The van der Waals surface area contributed by atoms with Gasteiger partial charge in [0.1, 0.15) is 18.3 Å². The van der Waals surface area contributed by atoms with E-state index < -0.39 is 37.3 Å². The Balaban J connectivity index is 0.00000144. The van der Waals surface area contributed by atoms with Crippen molar-refractivity contribution in [3.05, 3.63) is 0 Å². The molecule has 0 saturated carbocycles. The monoisotopic (exact) mass is 197 g/mol. The molecule has 13 heavy (non-hydrogen) atoms. The molecule has 7 nitrogen and oxygen atoms in total. The van der Waals surface area contributed by atoms with Crippen LogP contribution in [0.3, 0.4) is 0 Å². The predicted octanol–water partition coefficient (Wildman–Crippen LogP) is -4.08. The van der Waals surface area contributed by atoms with Gasteiger partial charge in [0.2, 0.25) is 0 Å². The van der Waals surface area contributed by atoms with Crippen molar-refractivity contribution in [1.82, 2.24) is 0 Å². The SMILES string of the molecule is N[C@H]1C(O)O[C@H](CO)[C@@H](O)[C@@H]1O.O. The van der Waals surface area contributed by atoms with Gasteiger partial charge in [-0.05, 0) is 0 Å². The van der Waals surface area contributed by atoms with Crippen LogP contribution in [0.15, 0.2) is 0 Å². The van der Waals surface area contributed by atoms with Crippen molar-refractivity contribution in [3.8, 4) is 0 Å². The summed E-state index contributed by atoms with van der Waals surface area (Å²) in [5.41, 5.74) is 5.26. The highest BCUT2D eigenvalue weighted by molar-refractivity contribution is 4.90. The van der Waals surface area contributed by atoms with E-state index in [0.29, 0.717) is 0 Å². The topological polar surface area (TPSA) is 148 Å². The van der Waals surface area contributed by atoms with Crippen LogP contribution in [0.1, 0.15) is 0 Å². The van der Waals surface area contributed by atoms with Crippen molar-refractivity contribution >= 4 is 0 Å². The zero-order valence-corrected chi connectivity index (χ0v) is 6.87. The molecule has 1 fully saturated rings. The summed E-state index contributed by atoms with van der Waals surface area (Å²) in [6.07, 6.45) is -4.85. The number of aliphatic hydroxyl groups is 4. The van der Waals surface area contributed by atoms with Gasteiger partial charge >= 0.3 is 0 Å². The van der Waals surface area contributed by atoms with E-state index in [1.807, 2.05) is 0 Å². The normalized spacial score (nSPS) is 45.5. The van der Waals surface area contributed by atoms with E-state index in [1.165, 1.54) is 0 Å². The molecular formula is C6H15NO6. The van der Waals surface area contributed by atoms with Crippen molar-refractivity contribution in [2.45, 2.75) is 30.6 Å². The fraction of sp³-hybridized carbons (Fsp3) is 1.00. The molecule has 7 heteroatoms. The van der Waals surface area contributed by atoms with Crippen LogP contribution in [-0.4, -0.2) is 63.2 Å². The number of aliphatic hydroxyl groups excluding tert-OH is 4. The molecule has 1 saturated heterocycles. The molecule has 1 aliphatic heterocycles. The third-order valence-electron chi connectivity index (χ3n) is 1.95. The average molecular weight is 197 g/mol. The lowest BCUT2D eigenvalue weighted by atomic mass is 9.98. The number of ether oxygens (including phenoxy) is 1. The number of hydrogen-bond acceptors (Lipinski definition) is 6. The van der Waals surface area contributed by atoms with Crippen molar-refractivity contribution < 1.29 is 30.6 Å². The Morgan fingerprint density at radius 1 is 1.15 bits per heavy atom. The van der Waals surface area contributed by atoms with Gasteiger partial charge in [-0.1, -0.05) is 0 Å². The maximum Gasteiger partial charge on any atom is 0.173 e. The van der Waals surface area contributed by atoms with Gasteiger partial charge in [-0.3, -0.25) is 0 Å². The highest BCUT2D eigenvalue weighted by atomic mass is 16.6. The van der Waals surface area contributed by atoms with Gasteiger partial charge in [-0.15, -0.1) is 0 Å². The summed E-state index contributed by atoms with van der Waals surface area (Å²) in [6, 6.07) is -1.04. The van der Waals surface area contributed by atoms with Gasteiger partial charge in [0.05, 0.1) is 12.6 Å². The fourth-order valence-electron chi connectivity index (χ4n) is 1.12. The molecule has 0 aliphatic carbocycles. The lowest BCUT2D eigenvalue weighted by Gasteiger charge is -2.38. The van der Waals surface area contributed by atoms with Crippen LogP contribution in [-0.2, 0) is 4.74 Å². The summed E-state index contributed by atoms with van der Waals surface area (Å²) in [4.78, 5) is 0. The van der Waals surface area contributed by atoms with Gasteiger partial charge in [-0.25, -0.2) is 0 Å². The molecule has 1 heterocycles. The van der Waals surface area contributed by atoms with Gasteiger partial charge < -0.3 is 36.4 Å². The zero-order valence-electron chi connectivity index (χ0n) is 6.87.